The predicted molar refractivity (Wildman–Crippen MR) is 58.1 cm³/mol. The highest BCUT2D eigenvalue weighted by Gasteiger charge is 2.34. The van der Waals surface area contributed by atoms with Crippen LogP contribution in [0.2, 0.25) is 0 Å². The van der Waals surface area contributed by atoms with Gasteiger partial charge in [0.1, 0.15) is 11.7 Å². The van der Waals surface area contributed by atoms with Crippen molar-refractivity contribution in [2.45, 2.75) is 12.2 Å². The first-order valence-corrected chi connectivity index (χ1v) is 5.43. The normalized spacial score (nSPS) is 14.3. The molecule has 2 unspecified atom stereocenters. The minimum atomic E-state index is -2.29. The number of carboxylic acids is 1. The van der Waals surface area contributed by atoms with Gasteiger partial charge in [0.05, 0.1) is 11.7 Å². The lowest BCUT2D eigenvalue weighted by Crippen LogP contribution is -2.24. The average molecular weight is 300 g/mol. The van der Waals surface area contributed by atoms with Crippen LogP contribution in [-0.2, 0) is 0 Å². The van der Waals surface area contributed by atoms with E-state index in [-0.39, 0.29) is 0 Å². The molecule has 19 heavy (non-hydrogen) atoms. The Morgan fingerprint density at radius 1 is 1.05 bits per heavy atom. The van der Waals surface area contributed by atoms with Gasteiger partial charge in [-0.2, -0.15) is 12.6 Å². The number of thiol groups is 1. The highest BCUT2D eigenvalue weighted by atomic mass is 32.1. The Labute approximate surface area is 109 Å². The smallest absolute Gasteiger partial charge is 0.341 e. The molecular weight excluding hydrogens is 292 g/mol. The van der Waals surface area contributed by atoms with Gasteiger partial charge < -0.3 is 15.3 Å². The highest BCUT2D eigenvalue weighted by molar-refractivity contribution is 7.80. The lowest BCUT2D eigenvalue weighted by atomic mass is 10.0. The summed E-state index contributed by atoms with van der Waals surface area (Å²) in [5, 5.41) is 27.0. The van der Waals surface area contributed by atoms with Crippen LogP contribution < -0.4 is 0 Å². The third-order valence-electron chi connectivity index (χ3n) is 2.36. The summed E-state index contributed by atoms with van der Waals surface area (Å²) in [5.41, 5.74) is -3.30. The predicted octanol–water partition coefficient (Wildman–Crippen LogP) is 1.27. The minimum absolute atomic E-state index is 0.441. The van der Waals surface area contributed by atoms with Crippen LogP contribution in [-0.4, -0.2) is 33.1 Å². The molecule has 0 radical (unpaired) electrons. The van der Waals surface area contributed by atoms with E-state index in [9.17, 15) is 27.5 Å². The molecule has 4 nitrogen and oxygen atoms in total. The van der Waals surface area contributed by atoms with Crippen LogP contribution in [0.15, 0.2) is 0 Å². The number of aliphatic hydroxyl groups is 2. The quantitative estimate of drug-likeness (QED) is 0.384. The van der Waals surface area contributed by atoms with Crippen molar-refractivity contribution in [3.63, 3.8) is 0 Å². The monoisotopic (exact) mass is 300 g/mol. The second-order valence-corrected chi connectivity index (χ2v) is 3.91. The molecule has 3 N–H and O–H groups in total. The van der Waals surface area contributed by atoms with Crippen molar-refractivity contribution in [2.24, 2.45) is 0 Å². The van der Waals surface area contributed by atoms with Gasteiger partial charge in [0, 0.05) is 5.75 Å². The first-order valence-electron chi connectivity index (χ1n) is 4.80. The fourth-order valence-corrected chi connectivity index (χ4v) is 1.59. The molecule has 0 saturated carbocycles. The van der Waals surface area contributed by atoms with E-state index >= 15 is 0 Å². The molecule has 1 aromatic rings. The van der Waals surface area contributed by atoms with Crippen LogP contribution in [0, 0.1) is 23.3 Å². The number of carbonyl (C=O) groups is 1. The van der Waals surface area contributed by atoms with E-state index in [1.165, 1.54) is 0 Å². The molecule has 0 fully saturated rings. The van der Waals surface area contributed by atoms with Crippen molar-refractivity contribution in [3.8, 4) is 0 Å². The fourth-order valence-electron chi connectivity index (χ4n) is 1.39. The Kier molecular flexibility index (Phi) is 4.77. The Hall–Kier alpha value is -1.32. The number of rotatable bonds is 4. The largest absolute Gasteiger partial charge is 0.477 e. The van der Waals surface area contributed by atoms with E-state index in [1.807, 2.05) is 0 Å². The molecule has 106 valence electrons. The molecular formula is C10H8F4O4S. The Morgan fingerprint density at radius 3 is 1.79 bits per heavy atom. The SMILES string of the molecule is O=C(O)c1c(F)c(F)c(C(O)C(O)CS)c(F)c1F. The third kappa shape index (κ3) is 2.67. The maximum atomic E-state index is 13.5. The van der Waals surface area contributed by atoms with Gasteiger partial charge in [-0.3, -0.25) is 0 Å². The summed E-state index contributed by atoms with van der Waals surface area (Å²) < 4.78 is 53.6. The van der Waals surface area contributed by atoms with Gasteiger partial charge in [-0.1, -0.05) is 0 Å². The van der Waals surface area contributed by atoms with Crippen molar-refractivity contribution >= 4 is 18.6 Å². The van der Waals surface area contributed by atoms with Crippen LogP contribution in [0.5, 0.6) is 0 Å². The second-order valence-electron chi connectivity index (χ2n) is 3.54. The molecule has 0 heterocycles. The summed E-state index contributed by atoms with van der Waals surface area (Å²) in [7, 11) is 0. The number of hydrogen-bond acceptors (Lipinski definition) is 4. The molecule has 0 aliphatic heterocycles. The van der Waals surface area contributed by atoms with Crippen LogP contribution in [0.3, 0.4) is 0 Å². The lowest BCUT2D eigenvalue weighted by molar-refractivity contribution is 0.0279. The van der Waals surface area contributed by atoms with Gasteiger partial charge >= 0.3 is 5.97 Å². The molecule has 0 aliphatic rings. The number of benzene rings is 1. The summed E-state index contributed by atoms with van der Waals surface area (Å²) in [5.74, 6) is -11.1. The maximum Gasteiger partial charge on any atom is 0.341 e. The number of aliphatic hydroxyl groups excluding tert-OH is 2. The fraction of sp³-hybridized carbons (Fsp3) is 0.300. The number of halogens is 4. The van der Waals surface area contributed by atoms with Crippen LogP contribution in [0.25, 0.3) is 0 Å². The van der Waals surface area contributed by atoms with Gasteiger partial charge in [-0.15, -0.1) is 0 Å². The summed E-state index contributed by atoms with van der Waals surface area (Å²) in [6, 6.07) is 0. The van der Waals surface area contributed by atoms with Gasteiger partial charge in [0.2, 0.25) is 0 Å². The summed E-state index contributed by atoms with van der Waals surface area (Å²) in [4.78, 5) is 10.5. The van der Waals surface area contributed by atoms with Gasteiger partial charge in [0.15, 0.2) is 23.3 Å². The van der Waals surface area contributed by atoms with Gasteiger partial charge in [-0.05, 0) is 0 Å². The third-order valence-corrected chi connectivity index (χ3v) is 2.73. The Morgan fingerprint density at radius 2 is 1.47 bits per heavy atom. The Bertz CT molecular complexity index is 494. The summed E-state index contributed by atoms with van der Waals surface area (Å²) >= 11 is 3.54. The van der Waals surface area contributed by atoms with Gasteiger partial charge in [-0.25, -0.2) is 22.4 Å². The van der Waals surface area contributed by atoms with Crippen molar-refractivity contribution in [1.82, 2.24) is 0 Å². The molecule has 0 aromatic heterocycles. The van der Waals surface area contributed by atoms with E-state index < -0.39 is 58.3 Å². The molecule has 0 saturated heterocycles. The topological polar surface area (TPSA) is 77.8 Å². The average Bonchev–Trinajstić information content (AvgIpc) is 2.35. The number of carboxylic acid groups (broad SMARTS) is 1. The molecule has 2 atom stereocenters. The number of hydrogen-bond donors (Lipinski definition) is 4. The van der Waals surface area contributed by atoms with Crippen LogP contribution in [0.1, 0.15) is 22.0 Å². The first kappa shape index (κ1) is 15.7. The molecule has 9 heteroatoms. The van der Waals surface area contributed by atoms with Crippen LogP contribution >= 0.6 is 12.6 Å². The van der Waals surface area contributed by atoms with Gasteiger partial charge in [0.25, 0.3) is 0 Å². The zero-order valence-electron chi connectivity index (χ0n) is 9.07. The molecule has 0 amide bonds. The molecule has 1 aromatic carbocycles. The molecule has 1 rings (SSSR count). The van der Waals surface area contributed by atoms with Crippen molar-refractivity contribution in [3.05, 3.63) is 34.4 Å². The molecule has 0 spiro atoms. The van der Waals surface area contributed by atoms with E-state index in [0.29, 0.717) is 0 Å². The standard InChI is InChI=1S/C10H8F4O4S/c11-5-3(9(16)2(15)1-19)6(12)8(14)4(7(5)13)10(17)18/h2,9,15-16,19H,1H2,(H,17,18). The van der Waals surface area contributed by atoms with E-state index in [1.54, 1.807) is 0 Å². The van der Waals surface area contributed by atoms with Crippen molar-refractivity contribution in [1.29, 1.82) is 0 Å². The zero-order valence-corrected chi connectivity index (χ0v) is 9.97. The molecule has 0 aliphatic carbocycles. The van der Waals surface area contributed by atoms with Crippen molar-refractivity contribution in [2.75, 3.05) is 5.75 Å². The maximum absolute atomic E-state index is 13.5. The second kappa shape index (κ2) is 5.76. The minimum Gasteiger partial charge on any atom is -0.477 e. The summed E-state index contributed by atoms with van der Waals surface area (Å²) in [6.07, 6.45) is -4.08. The van der Waals surface area contributed by atoms with E-state index in [4.69, 9.17) is 10.2 Å². The van der Waals surface area contributed by atoms with E-state index in [2.05, 4.69) is 12.6 Å². The Balaban J connectivity index is 3.57. The highest BCUT2D eigenvalue weighted by Crippen LogP contribution is 2.30. The lowest BCUT2D eigenvalue weighted by Gasteiger charge is -2.18. The number of aromatic carboxylic acids is 1. The van der Waals surface area contributed by atoms with Crippen LogP contribution in [0.4, 0.5) is 17.6 Å². The first-order chi connectivity index (χ1) is 8.73. The summed E-state index contributed by atoms with van der Waals surface area (Å²) in [6.45, 7) is 0. The van der Waals surface area contributed by atoms with E-state index in [0.717, 1.165) is 0 Å². The zero-order chi connectivity index (χ0) is 14.9. The molecule has 0 bridgehead atoms. The van der Waals surface area contributed by atoms with Crippen molar-refractivity contribution < 1.29 is 37.7 Å².